The minimum atomic E-state index is -0.122. The van der Waals surface area contributed by atoms with Gasteiger partial charge in [0.15, 0.2) is 7.85 Å². The Kier molecular flexibility index (Phi) is 6.66. The van der Waals surface area contributed by atoms with Gasteiger partial charge in [0.2, 0.25) is 0 Å². The first-order chi connectivity index (χ1) is 6.95. The number of carbonyl (C=O) groups is 1. The summed E-state index contributed by atoms with van der Waals surface area (Å²) < 4.78 is 0. The molecule has 3 N–H and O–H groups in total. The van der Waals surface area contributed by atoms with Gasteiger partial charge in [-0.15, -0.1) is 0 Å². The Morgan fingerprint density at radius 1 is 1.27 bits per heavy atom. The Morgan fingerprint density at radius 3 is 2.13 bits per heavy atom. The van der Waals surface area contributed by atoms with E-state index < -0.39 is 0 Å². The van der Waals surface area contributed by atoms with E-state index in [1.54, 1.807) is 7.05 Å². The highest BCUT2D eigenvalue weighted by molar-refractivity contribution is 6.20. The molecule has 5 heteroatoms. The molecule has 0 saturated carbocycles. The highest BCUT2D eigenvalue weighted by Gasteiger charge is 2.07. The minimum absolute atomic E-state index is 0.122. The molecule has 2 atom stereocenters. The van der Waals surface area contributed by atoms with E-state index >= 15 is 0 Å². The summed E-state index contributed by atoms with van der Waals surface area (Å²) in [5.41, 5.74) is 0.981. The van der Waals surface area contributed by atoms with Crippen molar-refractivity contribution in [3.8, 4) is 0 Å². The Morgan fingerprint density at radius 2 is 1.73 bits per heavy atom. The van der Waals surface area contributed by atoms with Crippen LogP contribution in [0.1, 0.15) is 26.7 Å². The van der Waals surface area contributed by atoms with Crippen molar-refractivity contribution >= 4 is 13.9 Å². The van der Waals surface area contributed by atoms with Gasteiger partial charge in [0.1, 0.15) is 0 Å². The monoisotopic (exact) mass is 211 g/mol. The molecule has 86 valence electrons. The van der Waals surface area contributed by atoms with E-state index in [0.29, 0.717) is 6.04 Å². The Hall–Kier alpha value is -1.13. The highest BCUT2D eigenvalue weighted by atomic mass is 16.2. The van der Waals surface area contributed by atoms with Gasteiger partial charge in [-0.25, -0.2) is 4.79 Å². The summed E-state index contributed by atoms with van der Waals surface area (Å²) in [6.45, 7) is 7.91. The number of hydrogen-bond donors (Lipinski definition) is 3. The second kappa shape index (κ2) is 7.20. The average molecular weight is 211 g/mol. The fourth-order valence-corrected chi connectivity index (χ4v) is 1.36. The molecular formula is C10H22BN3O. The second-order valence-electron chi connectivity index (χ2n) is 4.03. The Bertz CT molecular complexity index is 221. The van der Waals surface area contributed by atoms with Crippen molar-refractivity contribution in [3.63, 3.8) is 0 Å². The van der Waals surface area contributed by atoms with Crippen LogP contribution in [0.25, 0.3) is 0 Å². The van der Waals surface area contributed by atoms with Gasteiger partial charge in [-0.05, 0) is 32.3 Å². The lowest BCUT2D eigenvalue weighted by Gasteiger charge is -2.18. The molecule has 2 amide bonds. The summed E-state index contributed by atoms with van der Waals surface area (Å²) in [6, 6.07) is 0.471. The molecule has 0 heterocycles. The van der Waals surface area contributed by atoms with Crippen molar-refractivity contribution in [2.75, 3.05) is 7.05 Å². The molecule has 0 aliphatic rings. The van der Waals surface area contributed by atoms with E-state index in [1.807, 2.05) is 14.8 Å². The standard InChI is InChI=1S/C10H22BN3O/c1-7(13-9(3)11)5-6-8(2)14-10(15)12-4/h7-8,13H,3,5-6,11H2,1-2,4H3,(H2,12,14,15). The molecule has 0 aromatic rings. The molecule has 0 fully saturated rings. The number of carbonyl (C=O) groups excluding carboxylic acids is 1. The second-order valence-corrected chi connectivity index (χ2v) is 4.03. The first-order valence-corrected chi connectivity index (χ1v) is 5.36. The average Bonchev–Trinajstić information content (AvgIpc) is 2.13. The molecule has 0 aromatic carbocycles. The predicted octanol–water partition coefficient (Wildman–Crippen LogP) is 0.167. The van der Waals surface area contributed by atoms with Crippen LogP contribution in [0.15, 0.2) is 12.2 Å². The number of nitrogens with one attached hydrogen (secondary N) is 3. The Labute approximate surface area is 93.3 Å². The van der Waals surface area contributed by atoms with Crippen molar-refractivity contribution in [1.82, 2.24) is 16.0 Å². The number of amides is 2. The first-order valence-electron chi connectivity index (χ1n) is 5.36. The van der Waals surface area contributed by atoms with Crippen LogP contribution in [0.2, 0.25) is 0 Å². The summed E-state index contributed by atoms with van der Waals surface area (Å²) in [6.07, 6.45) is 1.97. The van der Waals surface area contributed by atoms with Gasteiger partial charge >= 0.3 is 6.03 Å². The SMILES string of the molecule is BC(=C)NC(C)CCC(C)NC(=O)NC. The molecule has 4 nitrogen and oxygen atoms in total. The summed E-state index contributed by atoms with van der Waals surface area (Å²) in [5.74, 6) is 0. The molecule has 0 radical (unpaired) electrons. The lowest BCUT2D eigenvalue weighted by atomic mass is 10.0. The summed E-state index contributed by atoms with van der Waals surface area (Å²) in [7, 11) is 3.57. The maximum atomic E-state index is 11.0. The van der Waals surface area contributed by atoms with E-state index in [9.17, 15) is 4.79 Å². The van der Waals surface area contributed by atoms with Crippen LogP contribution >= 0.6 is 0 Å². The smallest absolute Gasteiger partial charge is 0.314 e. The summed E-state index contributed by atoms with van der Waals surface area (Å²) >= 11 is 0. The lowest BCUT2D eigenvalue weighted by molar-refractivity contribution is 0.238. The molecule has 0 aromatic heterocycles. The van der Waals surface area contributed by atoms with E-state index in [-0.39, 0.29) is 12.1 Å². The molecular weight excluding hydrogens is 189 g/mol. The summed E-state index contributed by atoms with van der Waals surface area (Å²) in [5, 5.41) is 8.62. The number of rotatable bonds is 6. The van der Waals surface area contributed by atoms with Crippen LogP contribution in [-0.4, -0.2) is 33.0 Å². The topological polar surface area (TPSA) is 53.2 Å². The quantitative estimate of drug-likeness (QED) is 0.548. The third kappa shape index (κ3) is 7.91. The third-order valence-corrected chi connectivity index (χ3v) is 2.13. The van der Waals surface area contributed by atoms with Crippen molar-refractivity contribution in [1.29, 1.82) is 0 Å². The van der Waals surface area contributed by atoms with Crippen LogP contribution in [0.4, 0.5) is 4.79 Å². The van der Waals surface area contributed by atoms with Crippen LogP contribution < -0.4 is 16.0 Å². The zero-order chi connectivity index (χ0) is 11.8. The van der Waals surface area contributed by atoms with Crippen LogP contribution in [0.3, 0.4) is 0 Å². The zero-order valence-electron chi connectivity index (χ0n) is 10.2. The van der Waals surface area contributed by atoms with Crippen LogP contribution in [0, 0.1) is 0 Å². The molecule has 0 aliphatic heterocycles. The van der Waals surface area contributed by atoms with Crippen molar-refractivity contribution < 1.29 is 4.79 Å². The molecule has 15 heavy (non-hydrogen) atoms. The largest absolute Gasteiger partial charge is 0.395 e. The predicted molar refractivity (Wildman–Crippen MR) is 66.6 cm³/mol. The van der Waals surface area contributed by atoms with E-state index in [0.717, 1.165) is 18.4 Å². The van der Waals surface area contributed by atoms with Gasteiger partial charge in [-0.1, -0.05) is 6.58 Å². The number of urea groups is 1. The van der Waals surface area contributed by atoms with Crippen molar-refractivity contribution in [3.05, 3.63) is 12.2 Å². The maximum Gasteiger partial charge on any atom is 0.314 e. The maximum absolute atomic E-state index is 11.0. The normalized spacial score (nSPS) is 13.8. The van der Waals surface area contributed by atoms with Crippen LogP contribution in [0.5, 0.6) is 0 Å². The highest BCUT2D eigenvalue weighted by Crippen LogP contribution is 2.01. The first kappa shape index (κ1) is 13.9. The number of hydrogen-bond acceptors (Lipinski definition) is 2. The zero-order valence-corrected chi connectivity index (χ0v) is 10.2. The Balaban J connectivity index is 3.65. The molecule has 0 bridgehead atoms. The van der Waals surface area contributed by atoms with Gasteiger partial charge < -0.3 is 16.0 Å². The molecule has 0 rings (SSSR count). The summed E-state index contributed by atoms with van der Waals surface area (Å²) in [4.78, 5) is 11.0. The molecule has 0 aliphatic carbocycles. The molecule has 0 spiro atoms. The van der Waals surface area contributed by atoms with Gasteiger partial charge in [0.05, 0.1) is 0 Å². The van der Waals surface area contributed by atoms with Gasteiger partial charge in [-0.3, -0.25) is 0 Å². The van der Waals surface area contributed by atoms with Crippen molar-refractivity contribution in [2.45, 2.75) is 38.8 Å². The van der Waals surface area contributed by atoms with Gasteiger partial charge in [0.25, 0.3) is 0 Å². The van der Waals surface area contributed by atoms with Crippen LogP contribution in [-0.2, 0) is 0 Å². The van der Waals surface area contributed by atoms with Gasteiger partial charge in [0, 0.05) is 19.1 Å². The van der Waals surface area contributed by atoms with E-state index in [4.69, 9.17) is 0 Å². The van der Waals surface area contributed by atoms with E-state index in [2.05, 4.69) is 29.5 Å². The minimum Gasteiger partial charge on any atom is -0.395 e. The van der Waals surface area contributed by atoms with E-state index in [1.165, 1.54) is 0 Å². The lowest BCUT2D eigenvalue weighted by Crippen LogP contribution is -2.39. The third-order valence-electron chi connectivity index (χ3n) is 2.13. The fourth-order valence-electron chi connectivity index (χ4n) is 1.36. The molecule has 2 unspecified atom stereocenters. The molecule has 0 saturated heterocycles. The van der Waals surface area contributed by atoms with Gasteiger partial charge in [-0.2, -0.15) is 0 Å². The fraction of sp³-hybridized carbons (Fsp3) is 0.700. The van der Waals surface area contributed by atoms with Crippen molar-refractivity contribution in [2.24, 2.45) is 0 Å².